The minimum absolute atomic E-state index is 0.207. The van der Waals surface area contributed by atoms with E-state index < -0.39 is 5.97 Å². The van der Waals surface area contributed by atoms with E-state index in [2.05, 4.69) is 30.2 Å². The van der Waals surface area contributed by atoms with Crippen molar-refractivity contribution in [3.8, 4) is 0 Å². The average molecular weight is 316 g/mol. The predicted octanol–water partition coefficient (Wildman–Crippen LogP) is 1.08. The van der Waals surface area contributed by atoms with E-state index in [4.69, 9.17) is 0 Å². The molecule has 0 bridgehead atoms. The second kappa shape index (κ2) is 6.64. The zero-order valence-electron chi connectivity index (χ0n) is 13.3. The maximum atomic E-state index is 11.4. The van der Waals surface area contributed by atoms with Gasteiger partial charge in [0.25, 0.3) is 0 Å². The monoisotopic (exact) mass is 316 g/mol. The van der Waals surface area contributed by atoms with Gasteiger partial charge in [0.05, 0.1) is 19.0 Å². The number of carbonyl (C=O) groups excluding carboxylic acids is 1. The Hall–Kier alpha value is -2.64. The van der Waals surface area contributed by atoms with E-state index in [9.17, 15) is 4.79 Å². The van der Waals surface area contributed by atoms with Gasteiger partial charge in [0, 0.05) is 32.4 Å². The number of carbonyl (C=O) groups is 1. The zero-order chi connectivity index (χ0) is 16.2. The number of hydrogen-bond donors (Lipinski definition) is 1. The van der Waals surface area contributed by atoms with Crippen molar-refractivity contribution in [2.45, 2.75) is 18.9 Å². The summed E-state index contributed by atoms with van der Waals surface area (Å²) in [6, 6.07) is 3.65. The summed E-state index contributed by atoms with van der Waals surface area (Å²) in [6.07, 6.45) is 6.07. The summed E-state index contributed by atoms with van der Waals surface area (Å²) in [6.45, 7) is 1.91. The first-order valence-corrected chi connectivity index (χ1v) is 7.58. The highest BCUT2D eigenvalue weighted by Crippen LogP contribution is 2.20. The molecular weight excluding hydrogens is 296 g/mol. The largest absolute Gasteiger partial charge is 0.464 e. The minimum Gasteiger partial charge on any atom is -0.464 e. The number of piperidine rings is 1. The third kappa shape index (κ3) is 3.58. The van der Waals surface area contributed by atoms with Gasteiger partial charge in [0.2, 0.25) is 0 Å². The summed E-state index contributed by atoms with van der Waals surface area (Å²) in [7, 11) is 3.24. The van der Waals surface area contributed by atoms with Crippen molar-refractivity contribution in [3.05, 3.63) is 30.2 Å². The first-order valence-electron chi connectivity index (χ1n) is 7.58. The molecule has 2 aromatic rings. The number of rotatable bonds is 4. The molecule has 8 nitrogen and oxygen atoms in total. The Morgan fingerprint density at radius 3 is 2.91 bits per heavy atom. The van der Waals surface area contributed by atoms with Gasteiger partial charge in [0.15, 0.2) is 5.69 Å². The molecule has 0 spiro atoms. The first-order chi connectivity index (χ1) is 11.2. The van der Waals surface area contributed by atoms with Gasteiger partial charge in [0.1, 0.15) is 5.82 Å². The lowest BCUT2D eigenvalue weighted by Crippen LogP contribution is -2.42. The number of ether oxygens (including phenoxy) is 1. The van der Waals surface area contributed by atoms with E-state index in [1.165, 1.54) is 7.11 Å². The van der Waals surface area contributed by atoms with Crippen LogP contribution < -0.4 is 10.2 Å². The van der Waals surface area contributed by atoms with Crippen molar-refractivity contribution < 1.29 is 9.53 Å². The molecule has 1 atom stereocenters. The number of hydrogen-bond acceptors (Lipinski definition) is 7. The van der Waals surface area contributed by atoms with Crippen LogP contribution in [0.25, 0.3) is 0 Å². The number of nitrogens with one attached hydrogen (secondary N) is 1. The first kappa shape index (κ1) is 15.3. The fourth-order valence-corrected chi connectivity index (χ4v) is 2.73. The van der Waals surface area contributed by atoms with Gasteiger partial charge >= 0.3 is 5.97 Å². The second-order valence-electron chi connectivity index (χ2n) is 5.60. The number of aromatic nitrogens is 4. The molecule has 3 rings (SSSR count). The van der Waals surface area contributed by atoms with Crippen LogP contribution in [-0.4, -0.2) is 52.2 Å². The summed E-state index contributed by atoms with van der Waals surface area (Å²) in [5.74, 6) is 0.181. The fourth-order valence-electron chi connectivity index (χ4n) is 2.73. The van der Waals surface area contributed by atoms with Gasteiger partial charge in [-0.15, -0.1) is 10.2 Å². The van der Waals surface area contributed by atoms with Crippen LogP contribution in [0.2, 0.25) is 0 Å². The smallest absolute Gasteiger partial charge is 0.358 e. The van der Waals surface area contributed by atoms with Crippen LogP contribution in [0.15, 0.2) is 24.5 Å². The van der Waals surface area contributed by atoms with Crippen LogP contribution >= 0.6 is 0 Å². The normalized spacial score (nSPS) is 17.8. The Bertz CT molecular complexity index is 669. The van der Waals surface area contributed by atoms with Crippen molar-refractivity contribution >= 4 is 17.5 Å². The quantitative estimate of drug-likeness (QED) is 0.845. The van der Waals surface area contributed by atoms with Crippen LogP contribution in [-0.2, 0) is 11.8 Å². The van der Waals surface area contributed by atoms with Crippen molar-refractivity contribution in [2.24, 2.45) is 7.05 Å². The standard InChI is InChI=1S/C15H20N6O2/c1-20-10-12(8-16-20)21-7-3-4-11(9-21)17-14-6-5-13(18-19-14)15(22)23-2/h5-6,8,10-11H,3-4,7,9H2,1-2H3,(H,17,19). The topological polar surface area (TPSA) is 85.2 Å². The Morgan fingerprint density at radius 2 is 2.26 bits per heavy atom. The molecule has 1 unspecified atom stereocenters. The number of aryl methyl sites for hydroxylation is 1. The van der Waals surface area contributed by atoms with E-state index in [1.54, 1.807) is 12.1 Å². The highest BCUT2D eigenvalue weighted by atomic mass is 16.5. The number of anilines is 2. The van der Waals surface area contributed by atoms with E-state index in [-0.39, 0.29) is 11.7 Å². The van der Waals surface area contributed by atoms with Gasteiger partial charge < -0.3 is 15.0 Å². The van der Waals surface area contributed by atoms with Crippen molar-refractivity contribution in [2.75, 3.05) is 30.4 Å². The van der Waals surface area contributed by atoms with Crippen molar-refractivity contribution in [1.29, 1.82) is 0 Å². The van der Waals surface area contributed by atoms with Crippen LogP contribution in [0.5, 0.6) is 0 Å². The predicted molar refractivity (Wildman–Crippen MR) is 85.4 cm³/mol. The number of nitrogens with zero attached hydrogens (tertiary/aromatic N) is 5. The van der Waals surface area contributed by atoms with E-state index in [0.29, 0.717) is 5.82 Å². The minimum atomic E-state index is -0.482. The molecule has 1 N–H and O–H groups in total. The molecule has 23 heavy (non-hydrogen) atoms. The molecule has 1 fully saturated rings. The molecule has 0 saturated carbocycles. The molecule has 0 amide bonds. The number of methoxy groups -OCH3 is 1. The van der Waals surface area contributed by atoms with E-state index >= 15 is 0 Å². The molecule has 122 valence electrons. The van der Waals surface area contributed by atoms with Gasteiger partial charge in [-0.1, -0.05) is 0 Å². The molecule has 3 heterocycles. The molecule has 0 aromatic carbocycles. The Balaban J connectivity index is 1.62. The lowest BCUT2D eigenvalue weighted by atomic mass is 10.1. The van der Waals surface area contributed by atoms with Gasteiger partial charge in [-0.2, -0.15) is 5.10 Å². The van der Waals surface area contributed by atoms with E-state index in [1.807, 2.05) is 24.1 Å². The highest BCUT2D eigenvalue weighted by Gasteiger charge is 2.21. The molecule has 0 radical (unpaired) electrons. The third-order valence-electron chi connectivity index (χ3n) is 3.89. The lowest BCUT2D eigenvalue weighted by Gasteiger charge is -2.34. The van der Waals surface area contributed by atoms with E-state index in [0.717, 1.165) is 31.6 Å². The van der Waals surface area contributed by atoms with Crippen molar-refractivity contribution in [1.82, 2.24) is 20.0 Å². The Morgan fingerprint density at radius 1 is 1.39 bits per heavy atom. The second-order valence-corrected chi connectivity index (χ2v) is 5.60. The van der Waals surface area contributed by atoms with Crippen LogP contribution in [0, 0.1) is 0 Å². The number of esters is 1. The maximum Gasteiger partial charge on any atom is 0.358 e. The summed E-state index contributed by atoms with van der Waals surface area (Å²) < 4.78 is 6.42. The summed E-state index contributed by atoms with van der Waals surface area (Å²) in [5.41, 5.74) is 1.34. The lowest BCUT2D eigenvalue weighted by molar-refractivity contribution is 0.0593. The van der Waals surface area contributed by atoms with Crippen LogP contribution in [0.3, 0.4) is 0 Å². The van der Waals surface area contributed by atoms with Crippen LogP contribution in [0.1, 0.15) is 23.3 Å². The van der Waals surface area contributed by atoms with Crippen molar-refractivity contribution in [3.63, 3.8) is 0 Å². The summed E-state index contributed by atoms with van der Waals surface area (Å²) >= 11 is 0. The molecule has 8 heteroatoms. The van der Waals surface area contributed by atoms with Gasteiger partial charge in [-0.05, 0) is 25.0 Å². The Labute approximate surface area is 134 Å². The SMILES string of the molecule is COC(=O)c1ccc(NC2CCCN(c3cnn(C)c3)C2)nn1. The highest BCUT2D eigenvalue weighted by molar-refractivity contribution is 5.86. The molecular formula is C15H20N6O2. The summed E-state index contributed by atoms with van der Waals surface area (Å²) in [5, 5.41) is 15.5. The van der Waals surface area contributed by atoms with Crippen LogP contribution in [0.4, 0.5) is 11.5 Å². The molecule has 1 aliphatic rings. The molecule has 1 saturated heterocycles. The van der Waals surface area contributed by atoms with Gasteiger partial charge in [-0.3, -0.25) is 4.68 Å². The summed E-state index contributed by atoms with van der Waals surface area (Å²) in [4.78, 5) is 13.7. The fraction of sp³-hybridized carbons (Fsp3) is 0.467. The molecule has 1 aliphatic heterocycles. The third-order valence-corrected chi connectivity index (χ3v) is 3.89. The zero-order valence-corrected chi connectivity index (χ0v) is 13.3. The Kier molecular flexibility index (Phi) is 4.40. The molecule has 0 aliphatic carbocycles. The molecule has 2 aromatic heterocycles. The van der Waals surface area contributed by atoms with Gasteiger partial charge in [-0.25, -0.2) is 4.79 Å². The maximum absolute atomic E-state index is 11.4. The average Bonchev–Trinajstić information content (AvgIpc) is 3.02.